The Hall–Kier alpha value is -0.960. The quantitative estimate of drug-likeness (QED) is 0.693. The van der Waals surface area contributed by atoms with Gasteiger partial charge in [0.15, 0.2) is 5.78 Å². The van der Waals surface area contributed by atoms with Gasteiger partial charge in [-0.1, -0.05) is 25.1 Å². The molecule has 0 bridgehead atoms. The summed E-state index contributed by atoms with van der Waals surface area (Å²) < 4.78 is 11.5. The van der Waals surface area contributed by atoms with Crippen molar-refractivity contribution in [3.8, 4) is 0 Å². The fourth-order valence-corrected chi connectivity index (χ4v) is 2.11. The molecule has 0 spiro atoms. The Bertz CT molecular complexity index is 345. The van der Waals surface area contributed by atoms with E-state index in [1.165, 1.54) is 6.92 Å². The van der Waals surface area contributed by atoms with E-state index < -0.39 is 10.8 Å². The van der Waals surface area contributed by atoms with Crippen LogP contribution in [0.2, 0.25) is 0 Å². The van der Waals surface area contributed by atoms with E-state index in [9.17, 15) is 9.00 Å². The first-order valence-corrected chi connectivity index (χ1v) is 5.47. The summed E-state index contributed by atoms with van der Waals surface area (Å²) in [6.07, 6.45) is 0. The highest BCUT2D eigenvalue weighted by Gasteiger charge is 2.10. The second kappa shape index (κ2) is 4.33. The summed E-state index contributed by atoms with van der Waals surface area (Å²) in [5, 5.41) is 0. The van der Waals surface area contributed by atoms with Gasteiger partial charge in [0.2, 0.25) is 0 Å². The molecule has 0 amide bonds. The van der Waals surface area contributed by atoms with Gasteiger partial charge >= 0.3 is 0 Å². The Balaban J connectivity index is 3.19. The molecule has 0 aromatic heterocycles. The van der Waals surface area contributed by atoms with Crippen molar-refractivity contribution in [3.05, 3.63) is 29.8 Å². The van der Waals surface area contributed by atoms with E-state index in [4.69, 9.17) is 0 Å². The first-order valence-electron chi connectivity index (χ1n) is 4.15. The van der Waals surface area contributed by atoms with Crippen molar-refractivity contribution in [1.29, 1.82) is 0 Å². The molecule has 0 saturated carbocycles. The third-order valence-electron chi connectivity index (χ3n) is 1.77. The minimum Gasteiger partial charge on any atom is -0.294 e. The number of ketones is 1. The Morgan fingerprint density at radius 1 is 1.38 bits per heavy atom. The van der Waals surface area contributed by atoms with Crippen LogP contribution in [0.4, 0.5) is 0 Å². The van der Waals surface area contributed by atoms with Crippen LogP contribution in [0.15, 0.2) is 29.2 Å². The van der Waals surface area contributed by atoms with Gasteiger partial charge in [0.1, 0.15) is 0 Å². The molecule has 0 aliphatic rings. The Kier molecular flexibility index (Phi) is 3.37. The smallest absolute Gasteiger partial charge is 0.161 e. The molecule has 0 N–H and O–H groups in total. The molecule has 3 heteroatoms. The van der Waals surface area contributed by atoms with Gasteiger partial charge in [0, 0.05) is 16.2 Å². The predicted octanol–water partition coefficient (Wildman–Crippen LogP) is 2.02. The molecule has 1 unspecified atom stereocenters. The van der Waals surface area contributed by atoms with E-state index in [0.717, 1.165) is 0 Å². The highest BCUT2D eigenvalue weighted by atomic mass is 32.2. The molecular weight excluding hydrogens is 184 g/mol. The molecule has 2 nitrogen and oxygen atoms in total. The summed E-state index contributed by atoms with van der Waals surface area (Å²) in [5.74, 6) is 0.516. The number of hydrogen-bond donors (Lipinski definition) is 0. The van der Waals surface area contributed by atoms with E-state index in [0.29, 0.717) is 16.2 Å². The lowest BCUT2D eigenvalue weighted by atomic mass is 10.1. The highest BCUT2D eigenvalue weighted by Crippen LogP contribution is 2.13. The topological polar surface area (TPSA) is 34.1 Å². The number of benzene rings is 1. The van der Waals surface area contributed by atoms with Gasteiger partial charge in [-0.05, 0) is 13.0 Å². The SMILES string of the molecule is CCS(=O)c1ccccc1C(C)=O. The van der Waals surface area contributed by atoms with Crippen molar-refractivity contribution in [2.75, 3.05) is 5.75 Å². The van der Waals surface area contributed by atoms with Crippen LogP contribution in [0.25, 0.3) is 0 Å². The van der Waals surface area contributed by atoms with Crippen LogP contribution in [0.1, 0.15) is 24.2 Å². The minimum atomic E-state index is -1.04. The summed E-state index contributed by atoms with van der Waals surface area (Å²) in [5.41, 5.74) is 0.572. The van der Waals surface area contributed by atoms with Crippen molar-refractivity contribution >= 4 is 16.6 Å². The summed E-state index contributed by atoms with van der Waals surface area (Å²) in [6, 6.07) is 7.05. The first-order chi connectivity index (χ1) is 6.16. The van der Waals surface area contributed by atoms with Crippen molar-refractivity contribution in [2.24, 2.45) is 0 Å². The third kappa shape index (κ3) is 2.25. The van der Waals surface area contributed by atoms with E-state index in [-0.39, 0.29) is 5.78 Å². The lowest BCUT2D eigenvalue weighted by Gasteiger charge is -2.03. The largest absolute Gasteiger partial charge is 0.294 e. The molecule has 0 radical (unpaired) electrons. The molecule has 13 heavy (non-hydrogen) atoms. The zero-order valence-corrected chi connectivity index (χ0v) is 8.56. The van der Waals surface area contributed by atoms with Gasteiger partial charge in [0.05, 0.1) is 10.8 Å². The number of hydrogen-bond acceptors (Lipinski definition) is 2. The standard InChI is InChI=1S/C10H12O2S/c1-3-13(12)10-7-5-4-6-9(10)8(2)11/h4-7H,3H2,1-2H3. The molecule has 0 saturated heterocycles. The Labute approximate surface area is 80.4 Å². The third-order valence-corrected chi connectivity index (χ3v) is 3.14. The fraction of sp³-hybridized carbons (Fsp3) is 0.300. The molecule has 1 rings (SSSR count). The average molecular weight is 196 g/mol. The van der Waals surface area contributed by atoms with Crippen LogP contribution >= 0.6 is 0 Å². The van der Waals surface area contributed by atoms with Crippen LogP contribution < -0.4 is 0 Å². The Morgan fingerprint density at radius 3 is 2.54 bits per heavy atom. The molecule has 70 valence electrons. The average Bonchev–Trinajstić information content (AvgIpc) is 2.16. The lowest BCUT2D eigenvalue weighted by molar-refractivity contribution is 0.101. The maximum Gasteiger partial charge on any atom is 0.161 e. The summed E-state index contributed by atoms with van der Waals surface area (Å²) in [6.45, 7) is 3.33. The summed E-state index contributed by atoms with van der Waals surface area (Å²) >= 11 is 0. The van der Waals surface area contributed by atoms with E-state index in [2.05, 4.69) is 0 Å². The van der Waals surface area contributed by atoms with Gasteiger partial charge in [-0.3, -0.25) is 9.00 Å². The van der Waals surface area contributed by atoms with Crippen LogP contribution in [0.3, 0.4) is 0 Å². The van der Waals surface area contributed by atoms with Crippen LogP contribution in [-0.2, 0) is 10.8 Å². The van der Waals surface area contributed by atoms with Crippen molar-refractivity contribution in [3.63, 3.8) is 0 Å². The zero-order chi connectivity index (χ0) is 9.84. The van der Waals surface area contributed by atoms with Crippen LogP contribution in [0, 0.1) is 0 Å². The highest BCUT2D eigenvalue weighted by molar-refractivity contribution is 7.85. The molecule has 0 aliphatic heterocycles. The van der Waals surface area contributed by atoms with Crippen molar-refractivity contribution in [1.82, 2.24) is 0 Å². The van der Waals surface area contributed by atoms with Crippen LogP contribution in [0.5, 0.6) is 0 Å². The lowest BCUT2D eigenvalue weighted by Crippen LogP contribution is -2.02. The number of carbonyl (C=O) groups excluding carboxylic acids is 1. The molecule has 1 aromatic carbocycles. The molecule has 0 heterocycles. The van der Waals surface area contributed by atoms with Gasteiger partial charge in [-0.15, -0.1) is 0 Å². The molecule has 1 atom stereocenters. The first kappa shape index (κ1) is 10.1. The Morgan fingerprint density at radius 2 is 2.00 bits per heavy atom. The predicted molar refractivity (Wildman–Crippen MR) is 53.4 cm³/mol. The summed E-state index contributed by atoms with van der Waals surface area (Å²) in [4.78, 5) is 11.8. The number of carbonyl (C=O) groups is 1. The molecular formula is C10H12O2S. The molecule has 1 aromatic rings. The van der Waals surface area contributed by atoms with E-state index in [1.807, 2.05) is 6.92 Å². The fourth-order valence-electron chi connectivity index (χ4n) is 1.11. The second-order valence-electron chi connectivity index (χ2n) is 2.69. The van der Waals surface area contributed by atoms with Gasteiger partial charge in [-0.25, -0.2) is 0 Å². The van der Waals surface area contributed by atoms with Crippen molar-refractivity contribution in [2.45, 2.75) is 18.7 Å². The van der Waals surface area contributed by atoms with Gasteiger partial charge in [0.25, 0.3) is 0 Å². The van der Waals surface area contributed by atoms with E-state index in [1.54, 1.807) is 24.3 Å². The minimum absolute atomic E-state index is 0.0302. The van der Waals surface area contributed by atoms with Crippen molar-refractivity contribution < 1.29 is 9.00 Å². The normalized spacial score (nSPS) is 12.5. The molecule has 0 aliphatic carbocycles. The molecule has 0 fully saturated rings. The maximum atomic E-state index is 11.5. The number of Topliss-reactive ketones (excluding diaryl/α,β-unsaturated/α-hetero) is 1. The van der Waals surface area contributed by atoms with Gasteiger partial charge < -0.3 is 0 Å². The van der Waals surface area contributed by atoms with Crippen LogP contribution in [-0.4, -0.2) is 15.7 Å². The zero-order valence-electron chi connectivity index (χ0n) is 7.74. The van der Waals surface area contributed by atoms with Gasteiger partial charge in [-0.2, -0.15) is 0 Å². The number of rotatable bonds is 3. The maximum absolute atomic E-state index is 11.5. The van der Waals surface area contributed by atoms with E-state index >= 15 is 0 Å². The monoisotopic (exact) mass is 196 g/mol. The summed E-state index contributed by atoms with van der Waals surface area (Å²) in [7, 11) is -1.04. The second-order valence-corrected chi connectivity index (χ2v) is 4.39.